The third-order valence-electron chi connectivity index (χ3n) is 7.02. The highest BCUT2D eigenvalue weighted by Crippen LogP contribution is 2.42. The Morgan fingerprint density at radius 2 is 1.56 bits per heavy atom. The molecule has 184 valence electrons. The van der Waals surface area contributed by atoms with Crippen LogP contribution in [0.25, 0.3) is 0 Å². The molecule has 3 atom stereocenters. The van der Waals surface area contributed by atoms with Gasteiger partial charge in [-0.15, -0.1) is 0 Å². The summed E-state index contributed by atoms with van der Waals surface area (Å²) >= 11 is 0. The largest absolute Gasteiger partial charge is 0.457 e. The molecule has 1 aliphatic heterocycles. The monoisotopic (exact) mass is 451 g/mol. The van der Waals surface area contributed by atoms with Crippen LogP contribution >= 0.6 is 0 Å². The Labute approximate surface area is 195 Å². The predicted molar refractivity (Wildman–Crippen MR) is 129 cm³/mol. The van der Waals surface area contributed by atoms with Gasteiger partial charge in [-0.2, -0.15) is 0 Å². The lowest BCUT2D eigenvalue weighted by molar-refractivity contribution is -0.137. The topological polar surface area (TPSA) is 79.9 Å². The number of carbonyl (C=O) groups excluding carboxylic acids is 2. The van der Waals surface area contributed by atoms with Crippen molar-refractivity contribution in [2.75, 3.05) is 20.6 Å². The molecule has 0 aromatic rings. The summed E-state index contributed by atoms with van der Waals surface area (Å²) in [5.41, 5.74) is -1.94. The average molecular weight is 451 g/mol. The molecule has 2 fully saturated rings. The zero-order valence-corrected chi connectivity index (χ0v) is 22.1. The molecule has 1 heterocycles. The maximum atomic E-state index is 13.5. The number of hydrogen-bond acceptors (Lipinski definition) is 5. The molecule has 0 aromatic carbocycles. The van der Waals surface area contributed by atoms with Crippen LogP contribution in [0.4, 0.5) is 0 Å². The lowest BCUT2D eigenvalue weighted by Gasteiger charge is -2.45. The highest BCUT2D eigenvalue weighted by Gasteiger charge is 2.52. The molecule has 7 nitrogen and oxygen atoms in total. The van der Waals surface area contributed by atoms with E-state index in [-0.39, 0.29) is 35.7 Å². The van der Waals surface area contributed by atoms with Crippen molar-refractivity contribution in [1.29, 1.82) is 0 Å². The van der Waals surface area contributed by atoms with Gasteiger partial charge in [0.05, 0.1) is 11.2 Å². The van der Waals surface area contributed by atoms with E-state index in [1.807, 2.05) is 20.8 Å². The zero-order chi connectivity index (χ0) is 24.5. The van der Waals surface area contributed by atoms with Gasteiger partial charge in [-0.05, 0) is 100.0 Å². The molecule has 2 N–H and O–H groups in total. The van der Waals surface area contributed by atoms with E-state index in [9.17, 15) is 9.59 Å². The highest BCUT2D eigenvalue weighted by atomic mass is 16.7. The summed E-state index contributed by atoms with van der Waals surface area (Å²) in [5, 5.41) is 6.20. The Balaban J connectivity index is 2.21. The van der Waals surface area contributed by atoms with Gasteiger partial charge < -0.3 is 24.8 Å². The van der Waals surface area contributed by atoms with Crippen LogP contribution in [0, 0.1) is 11.8 Å². The van der Waals surface area contributed by atoms with Crippen LogP contribution in [0.15, 0.2) is 0 Å². The minimum atomic E-state index is -0.890. The predicted octanol–water partition coefficient (Wildman–Crippen LogP) is 3.24. The Morgan fingerprint density at radius 3 is 2.03 bits per heavy atom. The number of nitrogens with zero attached hydrogens (tertiary/aromatic N) is 1. The van der Waals surface area contributed by atoms with Crippen molar-refractivity contribution in [3.8, 4) is 0 Å². The normalized spacial score (nSPS) is 29.8. The zero-order valence-electron chi connectivity index (χ0n) is 22.1. The molecule has 2 amide bonds. The Morgan fingerprint density at radius 1 is 1.03 bits per heavy atom. The van der Waals surface area contributed by atoms with Crippen LogP contribution in [-0.4, -0.2) is 66.8 Å². The number of rotatable bonds is 7. The Kier molecular flexibility index (Phi) is 8.16. The van der Waals surface area contributed by atoms with E-state index < -0.39 is 5.54 Å². The number of nitrogens with one attached hydrogen (secondary N) is 2. The van der Waals surface area contributed by atoms with Crippen molar-refractivity contribution in [2.24, 2.45) is 11.8 Å². The van der Waals surface area contributed by atoms with E-state index in [0.717, 1.165) is 25.7 Å². The Bertz CT molecular complexity index is 673. The van der Waals surface area contributed by atoms with Crippen molar-refractivity contribution in [2.45, 2.75) is 110 Å². The molecule has 1 saturated carbocycles. The first kappa shape index (κ1) is 27.1. The van der Waals surface area contributed by atoms with Gasteiger partial charge >= 0.3 is 7.12 Å². The van der Waals surface area contributed by atoms with E-state index in [0.29, 0.717) is 24.7 Å². The molecular weight excluding hydrogens is 405 g/mol. The molecule has 0 spiro atoms. The van der Waals surface area contributed by atoms with Gasteiger partial charge in [0.1, 0.15) is 5.54 Å². The van der Waals surface area contributed by atoms with Gasteiger partial charge in [0.25, 0.3) is 0 Å². The van der Waals surface area contributed by atoms with E-state index in [1.54, 1.807) is 0 Å². The minimum absolute atomic E-state index is 0.0794. The smallest absolute Gasteiger partial charge is 0.403 e. The first-order valence-corrected chi connectivity index (χ1v) is 12.1. The second-order valence-corrected chi connectivity index (χ2v) is 12.4. The van der Waals surface area contributed by atoms with E-state index in [1.165, 1.54) is 6.92 Å². The summed E-state index contributed by atoms with van der Waals surface area (Å²) in [6, 6.07) is 0. The summed E-state index contributed by atoms with van der Waals surface area (Å²) in [5.74, 6) is 0.374. The first-order chi connectivity index (χ1) is 14.4. The van der Waals surface area contributed by atoms with E-state index in [4.69, 9.17) is 9.31 Å². The van der Waals surface area contributed by atoms with Gasteiger partial charge in [0.15, 0.2) is 0 Å². The van der Waals surface area contributed by atoms with Gasteiger partial charge in [-0.3, -0.25) is 9.59 Å². The molecule has 0 aromatic heterocycles. The molecule has 1 saturated heterocycles. The van der Waals surface area contributed by atoms with Crippen LogP contribution in [0.1, 0.15) is 81.1 Å². The summed E-state index contributed by atoms with van der Waals surface area (Å²) in [6.45, 7) is 16.6. The molecule has 1 aliphatic carbocycles. The lowest BCUT2D eigenvalue weighted by atomic mass is 9.66. The molecule has 8 heteroatoms. The minimum Gasteiger partial charge on any atom is -0.403 e. The maximum absolute atomic E-state index is 13.5. The maximum Gasteiger partial charge on any atom is 0.457 e. The Hall–Kier alpha value is -1.12. The van der Waals surface area contributed by atoms with Crippen LogP contribution in [0.3, 0.4) is 0 Å². The van der Waals surface area contributed by atoms with Gasteiger partial charge in [0, 0.05) is 19.0 Å². The lowest BCUT2D eigenvalue weighted by Crippen LogP contribution is -2.64. The molecule has 0 bridgehead atoms. The van der Waals surface area contributed by atoms with Crippen molar-refractivity contribution in [1.82, 2.24) is 15.5 Å². The van der Waals surface area contributed by atoms with Gasteiger partial charge in [-0.25, -0.2) is 0 Å². The fourth-order valence-electron chi connectivity index (χ4n) is 5.18. The van der Waals surface area contributed by atoms with Crippen LogP contribution in [0.2, 0.25) is 6.32 Å². The van der Waals surface area contributed by atoms with Crippen molar-refractivity contribution in [3.63, 3.8) is 0 Å². The first-order valence-electron chi connectivity index (χ1n) is 12.1. The fourth-order valence-corrected chi connectivity index (χ4v) is 5.18. The van der Waals surface area contributed by atoms with E-state index in [2.05, 4.69) is 57.3 Å². The molecule has 3 unspecified atom stereocenters. The summed E-state index contributed by atoms with van der Waals surface area (Å²) < 4.78 is 12.4. The third kappa shape index (κ3) is 6.94. The van der Waals surface area contributed by atoms with E-state index >= 15 is 0 Å². The number of carbonyl (C=O) groups is 2. The molecule has 2 aliphatic rings. The molecule has 0 radical (unpaired) electrons. The average Bonchev–Trinajstić information content (AvgIpc) is 2.77. The molecule has 32 heavy (non-hydrogen) atoms. The van der Waals surface area contributed by atoms with Crippen molar-refractivity contribution in [3.05, 3.63) is 0 Å². The third-order valence-corrected chi connectivity index (χ3v) is 7.02. The molecular formula is C24H46BN3O4. The van der Waals surface area contributed by atoms with Crippen molar-refractivity contribution >= 4 is 18.9 Å². The van der Waals surface area contributed by atoms with Crippen LogP contribution in [-0.2, 0) is 18.9 Å². The second kappa shape index (κ2) is 9.63. The molecule has 2 rings (SSSR count). The number of hydrogen-bond donors (Lipinski definition) is 2. The van der Waals surface area contributed by atoms with Crippen molar-refractivity contribution < 1.29 is 18.9 Å². The summed E-state index contributed by atoms with van der Waals surface area (Å²) in [4.78, 5) is 27.8. The van der Waals surface area contributed by atoms with Crippen LogP contribution < -0.4 is 10.6 Å². The SMILES string of the molecule is CC(=O)NC1(C(=O)NC(C)(C)C)CC(CCB2OC(C)(C)C(C)(C)O2)CC(CN(C)C)C1. The summed E-state index contributed by atoms with van der Waals surface area (Å²) in [7, 11) is 3.87. The quantitative estimate of drug-likeness (QED) is 0.581. The van der Waals surface area contributed by atoms with Gasteiger partial charge in [0.2, 0.25) is 11.8 Å². The standard InChI is InChI=1S/C24H46BN3O4/c1-17(29)26-24(20(30)27-21(2,3)4)14-18(13-19(15-24)16-28(9)10)11-12-25-31-22(5,6)23(7,8)32-25/h18-19H,11-16H2,1-10H3,(H,26,29)(H,27,30). The summed E-state index contributed by atoms with van der Waals surface area (Å²) in [6.07, 6.45) is 3.99. The second-order valence-electron chi connectivity index (χ2n) is 12.4. The fraction of sp³-hybridized carbons (Fsp3) is 0.917. The highest BCUT2D eigenvalue weighted by molar-refractivity contribution is 6.45. The number of amides is 2. The van der Waals surface area contributed by atoms with Crippen LogP contribution in [0.5, 0.6) is 0 Å². The van der Waals surface area contributed by atoms with Gasteiger partial charge in [-0.1, -0.05) is 6.42 Å².